The van der Waals surface area contributed by atoms with E-state index in [9.17, 15) is 9.59 Å². The number of carbonyl (C=O) groups excluding carboxylic acids is 2. The smallest absolute Gasteiger partial charge is 0.338 e. The summed E-state index contributed by atoms with van der Waals surface area (Å²) >= 11 is 1.58. The van der Waals surface area contributed by atoms with E-state index >= 15 is 0 Å². The second kappa shape index (κ2) is 8.19. The molecule has 0 fully saturated rings. The Kier molecular flexibility index (Phi) is 5.97. The van der Waals surface area contributed by atoms with Gasteiger partial charge < -0.3 is 14.8 Å². The molecule has 0 aliphatic rings. The summed E-state index contributed by atoms with van der Waals surface area (Å²) in [4.78, 5) is 24.4. The lowest BCUT2D eigenvalue weighted by Gasteiger charge is -2.08. The first-order chi connectivity index (χ1) is 10.7. The minimum Gasteiger partial charge on any atom is -0.484 e. The SMILES string of the molecule is CCOC(=O)c1cccc(OCC(=O)NCc2cccs2)c1. The third kappa shape index (κ3) is 4.89. The first kappa shape index (κ1) is 16.0. The van der Waals surface area contributed by atoms with Gasteiger partial charge in [-0.15, -0.1) is 11.3 Å². The molecule has 6 heteroatoms. The van der Waals surface area contributed by atoms with Gasteiger partial charge in [-0.25, -0.2) is 4.79 Å². The summed E-state index contributed by atoms with van der Waals surface area (Å²) in [5.41, 5.74) is 0.401. The number of ether oxygens (including phenoxy) is 2. The summed E-state index contributed by atoms with van der Waals surface area (Å²) in [5, 5.41) is 4.73. The summed E-state index contributed by atoms with van der Waals surface area (Å²) in [7, 11) is 0. The van der Waals surface area contributed by atoms with Gasteiger partial charge in [0.05, 0.1) is 18.7 Å². The number of rotatable bonds is 7. The molecule has 0 saturated heterocycles. The molecular weight excluding hydrogens is 302 g/mol. The Labute approximate surface area is 132 Å². The molecule has 1 aromatic heterocycles. The number of benzene rings is 1. The van der Waals surface area contributed by atoms with E-state index in [1.54, 1.807) is 42.5 Å². The van der Waals surface area contributed by atoms with Gasteiger partial charge in [0.25, 0.3) is 5.91 Å². The van der Waals surface area contributed by atoms with Gasteiger partial charge in [-0.3, -0.25) is 4.79 Å². The lowest BCUT2D eigenvalue weighted by atomic mass is 10.2. The van der Waals surface area contributed by atoms with E-state index in [1.165, 1.54) is 0 Å². The van der Waals surface area contributed by atoms with E-state index < -0.39 is 5.97 Å². The molecule has 0 aliphatic carbocycles. The topological polar surface area (TPSA) is 64.6 Å². The Balaban J connectivity index is 1.82. The molecule has 0 aliphatic heterocycles. The number of esters is 1. The average Bonchev–Trinajstić information content (AvgIpc) is 3.05. The van der Waals surface area contributed by atoms with E-state index in [4.69, 9.17) is 9.47 Å². The van der Waals surface area contributed by atoms with Gasteiger partial charge >= 0.3 is 5.97 Å². The largest absolute Gasteiger partial charge is 0.484 e. The lowest BCUT2D eigenvalue weighted by molar-refractivity contribution is -0.123. The van der Waals surface area contributed by atoms with Crippen molar-refractivity contribution in [1.82, 2.24) is 5.32 Å². The van der Waals surface area contributed by atoms with Crippen molar-refractivity contribution < 1.29 is 19.1 Å². The molecule has 0 unspecified atom stereocenters. The normalized spacial score (nSPS) is 10.0. The van der Waals surface area contributed by atoms with Crippen molar-refractivity contribution in [3.8, 4) is 5.75 Å². The van der Waals surface area contributed by atoms with Crippen LogP contribution >= 0.6 is 11.3 Å². The van der Waals surface area contributed by atoms with Crippen molar-refractivity contribution >= 4 is 23.2 Å². The number of thiophene rings is 1. The van der Waals surface area contributed by atoms with Gasteiger partial charge in [0, 0.05) is 4.88 Å². The number of hydrogen-bond donors (Lipinski definition) is 1. The number of carbonyl (C=O) groups is 2. The van der Waals surface area contributed by atoms with Gasteiger partial charge in [0.2, 0.25) is 0 Å². The molecule has 0 spiro atoms. The molecule has 2 aromatic rings. The van der Waals surface area contributed by atoms with Crippen LogP contribution < -0.4 is 10.1 Å². The number of hydrogen-bond acceptors (Lipinski definition) is 5. The Morgan fingerprint density at radius 1 is 1.23 bits per heavy atom. The molecule has 2 rings (SSSR count). The predicted octanol–water partition coefficient (Wildman–Crippen LogP) is 2.62. The van der Waals surface area contributed by atoms with Gasteiger partial charge in [0.15, 0.2) is 6.61 Å². The minimum atomic E-state index is -0.407. The van der Waals surface area contributed by atoms with E-state index in [1.807, 2.05) is 17.5 Å². The molecule has 0 saturated carbocycles. The molecular formula is C16H17NO4S. The van der Waals surface area contributed by atoms with Crippen molar-refractivity contribution in [2.45, 2.75) is 13.5 Å². The Hall–Kier alpha value is -2.34. The zero-order valence-corrected chi connectivity index (χ0v) is 13.0. The first-order valence-corrected chi connectivity index (χ1v) is 7.76. The van der Waals surface area contributed by atoms with Crippen molar-refractivity contribution in [3.63, 3.8) is 0 Å². The molecule has 1 amide bonds. The van der Waals surface area contributed by atoms with Crippen molar-refractivity contribution in [3.05, 3.63) is 52.2 Å². The van der Waals surface area contributed by atoms with Gasteiger partial charge in [0.1, 0.15) is 5.75 Å². The van der Waals surface area contributed by atoms with Crippen molar-refractivity contribution in [2.75, 3.05) is 13.2 Å². The van der Waals surface area contributed by atoms with Gasteiger partial charge in [-0.2, -0.15) is 0 Å². The molecule has 0 bridgehead atoms. The van der Waals surface area contributed by atoms with Gasteiger partial charge in [-0.05, 0) is 36.6 Å². The maximum absolute atomic E-state index is 11.7. The highest BCUT2D eigenvalue weighted by molar-refractivity contribution is 7.09. The third-order valence-electron chi connectivity index (χ3n) is 2.75. The fraction of sp³-hybridized carbons (Fsp3) is 0.250. The molecule has 1 heterocycles. The second-order valence-corrected chi connectivity index (χ2v) is 5.43. The van der Waals surface area contributed by atoms with Crippen LogP contribution in [0, 0.1) is 0 Å². The minimum absolute atomic E-state index is 0.0995. The van der Waals surface area contributed by atoms with Crippen LogP contribution in [-0.4, -0.2) is 25.1 Å². The highest BCUT2D eigenvalue weighted by Gasteiger charge is 2.08. The predicted molar refractivity (Wildman–Crippen MR) is 84.1 cm³/mol. The van der Waals surface area contributed by atoms with E-state index in [-0.39, 0.29) is 12.5 Å². The molecule has 0 radical (unpaired) electrons. The third-order valence-corrected chi connectivity index (χ3v) is 3.63. The molecule has 1 N–H and O–H groups in total. The number of nitrogens with one attached hydrogen (secondary N) is 1. The van der Waals surface area contributed by atoms with Crippen LogP contribution in [0.1, 0.15) is 22.2 Å². The van der Waals surface area contributed by atoms with Crippen LogP contribution in [0.3, 0.4) is 0 Å². The highest BCUT2D eigenvalue weighted by atomic mass is 32.1. The van der Waals surface area contributed by atoms with Crippen molar-refractivity contribution in [1.29, 1.82) is 0 Å². The summed E-state index contributed by atoms with van der Waals surface area (Å²) in [5.74, 6) is -0.165. The van der Waals surface area contributed by atoms with E-state index in [2.05, 4.69) is 5.32 Å². The summed E-state index contributed by atoms with van der Waals surface area (Å²) in [6.45, 7) is 2.45. The van der Waals surface area contributed by atoms with E-state index in [0.717, 1.165) is 4.88 Å². The Bertz CT molecular complexity index is 625. The molecule has 5 nitrogen and oxygen atoms in total. The monoisotopic (exact) mass is 319 g/mol. The standard InChI is InChI=1S/C16H17NO4S/c1-2-20-16(19)12-5-3-6-13(9-12)21-11-15(18)17-10-14-7-4-8-22-14/h3-9H,2,10-11H2,1H3,(H,17,18). The van der Waals surface area contributed by atoms with Crippen LogP contribution in [0.2, 0.25) is 0 Å². The first-order valence-electron chi connectivity index (χ1n) is 6.88. The molecule has 22 heavy (non-hydrogen) atoms. The van der Waals surface area contributed by atoms with Gasteiger partial charge in [-0.1, -0.05) is 12.1 Å². The zero-order valence-electron chi connectivity index (χ0n) is 12.2. The lowest BCUT2D eigenvalue weighted by Crippen LogP contribution is -2.28. The summed E-state index contributed by atoms with van der Waals surface area (Å²) in [6.07, 6.45) is 0. The zero-order chi connectivity index (χ0) is 15.8. The fourth-order valence-corrected chi connectivity index (χ4v) is 2.37. The summed E-state index contributed by atoms with van der Waals surface area (Å²) in [6, 6.07) is 10.5. The summed E-state index contributed by atoms with van der Waals surface area (Å²) < 4.78 is 10.3. The highest BCUT2D eigenvalue weighted by Crippen LogP contribution is 2.14. The van der Waals surface area contributed by atoms with Crippen molar-refractivity contribution in [2.24, 2.45) is 0 Å². The molecule has 116 valence electrons. The molecule has 1 aromatic carbocycles. The van der Waals surface area contributed by atoms with Crippen LogP contribution in [0.4, 0.5) is 0 Å². The quantitative estimate of drug-likeness (QED) is 0.797. The van der Waals surface area contributed by atoms with Crippen LogP contribution in [0.25, 0.3) is 0 Å². The Morgan fingerprint density at radius 2 is 2.09 bits per heavy atom. The maximum Gasteiger partial charge on any atom is 0.338 e. The van der Waals surface area contributed by atoms with Crippen LogP contribution in [-0.2, 0) is 16.1 Å². The second-order valence-electron chi connectivity index (χ2n) is 4.39. The molecule has 0 atom stereocenters. The fourth-order valence-electron chi connectivity index (χ4n) is 1.73. The average molecular weight is 319 g/mol. The van der Waals surface area contributed by atoms with Crippen LogP contribution in [0.15, 0.2) is 41.8 Å². The Morgan fingerprint density at radius 3 is 2.82 bits per heavy atom. The van der Waals surface area contributed by atoms with E-state index in [0.29, 0.717) is 24.5 Å². The maximum atomic E-state index is 11.7. The van der Waals surface area contributed by atoms with Crippen LogP contribution in [0.5, 0.6) is 5.75 Å². The number of amides is 1.